The normalized spacial score (nSPS) is 13.8. The highest BCUT2D eigenvalue weighted by Crippen LogP contribution is 2.18. The summed E-state index contributed by atoms with van der Waals surface area (Å²) in [6.45, 7) is 4.17. The third-order valence-corrected chi connectivity index (χ3v) is 2.95. The van der Waals surface area contributed by atoms with E-state index in [4.69, 9.17) is 11.0 Å². The first-order chi connectivity index (χ1) is 5.52. The molecule has 1 atom stereocenters. The van der Waals surface area contributed by atoms with Gasteiger partial charge in [-0.1, -0.05) is 0 Å². The van der Waals surface area contributed by atoms with Gasteiger partial charge in [0, 0.05) is 28.9 Å². The van der Waals surface area contributed by atoms with E-state index in [1.807, 2.05) is 13.8 Å². The Morgan fingerprint density at radius 3 is 2.50 bits per heavy atom. The molecule has 0 aromatic heterocycles. The molecule has 0 aromatic carbocycles. The average Bonchev–Trinajstić information content (AvgIpc) is 2.02. The maximum absolute atomic E-state index is 11.1. The van der Waals surface area contributed by atoms with Crippen LogP contribution in [0.15, 0.2) is 0 Å². The third kappa shape index (κ3) is 5.28. The summed E-state index contributed by atoms with van der Waals surface area (Å²) in [7, 11) is -0.844. The first kappa shape index (κ1) is 11.6. The lowest BCUT2D eigenvalue weighted by Crippen LogP contribution is -2.17. The Morgan fingerprint density at radius 2 is 2.08 bits per heavy atom. The van der Waals surface area contributed by atoms with Crippen molar-refractivity contribution >= 4 is 10.8 Å². The maximum Gasteiger partial charge on any atom is 0.0684 e. The topological polar surface area (TPSA) is 66.9 Å². The van der Waals surface area contributed by atoms with Gasteiger partial charge in [-0.15, -0.1) is 0 Å². The third-order valence-electron chi connectivity index (χ3n) is 1.60. The van der Waals surface area contributed by atoms with Gasteiger partial charge in [-0.2, -0.15) is 5.26 Å². The summed E-state index contributed by atoms with van der Waals surface area (Å²) in [5.41, 5.74) is 4.89. The van der Waals surface area contributed by atoms with Crippen LogP contribution in [0.25, 0.3) is 0 Å². The van der Waals surface area contributed by atoms with Crippen LogP contribution in [0.3, 0.4) is 0 Å². The first-order valence-electron chi connectivity index (χ1n) is 3.98. The zero-order valence-electron chi connectivity index (χ0n) is 7.67. The van der Waals surface area contributed by atoms with Crippen molar-refractivity contribution in [1.82, 2.24) is 0 Å². The molecule has 0 bridgehead atoms. The first-order valence-corrected chi connectivity index (χ1v) is 5.47. The number of hydrogen-bond acceptors (Lipinski definition) is 3. The zero-order chi connectivity index (χ0) is 9.61. The van der Waals surface area contributed by atoms with Crippen LogP contribution >= 0.6 is 0 Å². The van der Waals surface area contributed by atoms with Crippen LogP contribution in [0.2, 0.25) is 0 Å². The molecule has 70 valence electrons. The standard InChI is InChI=1S/C8H16N2OS/c1-8(2,7-10)3-5-12(11)6-4-9/h3-6,9H2,1-2H3. The van der Waals surface area contributed by atoms with Crippen LogP contribution in [0.4, 0.5) is 0 Å². The van der Waals surface area contributed by atoms with Crippen LogP contribution in [0.1, 0.15) is 20.3 Å². The molecule has 0 fully saturated rings. The van der Waals surface area contributed by atoms with Gasteiger partial charge in [-0.05, 0) is 20.3 Å². The fourth-order valence-corrected chi connectivity index (χ4v) is 1.86. The van der Waals surface area contributed by atoms with Crippen LogP contribution in [0.5, 0.6) is 0 Å². The van der Waals surface area contributed by atoms with Crippen LogP contribution in [0, 0.1) is 16.7 Å². The lowest BCUT2D eigenvalue weighted by Gasteiger charge is -2.13. The molecule has 0 amide bonds. The van der Waals surface area contributed by atoms with E-state index in [1.165, 1.54) is 0 Å². The van der Waals surface area contributed by atoms with Crippen molar-refractivity contribution in [2.75, 3.05) is 18.1 Å². The van der Waals surface area contributed by atoms with Crippen LogP contribution < -0.4 is 5.73 Å². The van der Waals surface area contributed by atoms with Gasteiger partial charge in [0.15, 0.2) is 0 Å². The van der Waals surface area contributed by atoms with Crippen molar-refractivity contribution in [2.45, 2.75) is 20.3 Å². The molecule has 0 saturated carbocycles. The van der Waals surface area contributed by atoms with Crippen molar-refractivity contribution in [1.29, 1.82) is 5.26 Å². The number of nitrogens with two attached hydrogens (primary N) is 1. The number of rotatable bonds is 5. The molecule has 0 aliphatic carbocycles. The summed E-state index contributed by atoms with van der Waals surface area (Å²) in [6, 6.07) is 2.17. The summed E-state index contributed by atoms with van der Waals surface area (Å²) in [4.78, 5) is 0. The Bertz CT molecular complexity index is 196. The lowest BCUT2D eigenvalue weighted by atomic mass is 9.93. The average molecular weight is 188 g/mol. The van der Waals surface area contributed by atoms with E-state index in [0.29, 0.717) is 24.5 Å². The second-order valence-corrected chi connectivity index (χ2v) is 5.08. The Balaban J connectivity index is 3.70. The van der Waals surface area contributed by atoms with Gasteiger partial charge in [-0.3, -0.25) is 4.21 Å². The minimum Gasteiger partial charge on any atom is -0.330 e. The molecule has 0 rings (SSSR count). The van der Waals surface area contributed by atoms with E-state index >= 15 is 0 Å². The highest BCUT2D eigenvalue weighted by Gasteiger charge is 2.17. The van der Waals surface area contributed by atoms with Crippen LogP contribution in [-0.2, 0) is 10.8 Å². The van der Waals surface area contributed by atoms with E-state index < -0.39 is 10.8 Å². The molecular weight excluding hydrogens is 172 g/mol. The summed E-state index contributed by atoms with van der Waals surface area (Å²) in [5, 5.41) is 8.66. The van der Waals surface area contributed by atoms with Crippen molar-refractivity contribution < 1.29 is 4.21 Å². The molecule has 12 heavy (non-hydrogen) atoms. The molecule has 4 heteroatoms. The Labute approximate surface area is 76.4 Å². The van der Waals surface area contributed by atoms with E-state index in [1.54, 1.807) is 0 Å². The number of nitrogens with zero attached hydrogens (tertiary/aromatic N) is 1. The molecule has 0 radical (unpaired) electrons. The Kier molecular flexibility index (Phi) is 5.11. The molecule has 0 aromatic rings. The quantitative estimate of drug-likeness (QED) is 0.688. The monoisotopic (exact) mass is 188 g/mol. The summed E-state index contributed by atoms with van der Waals surface area (Å²) in [6.07, 6.45) is 0.677. The van der Waals surface area contributed by atoms with E-state index in [0.717, 1.165) is 0 Å². The highest BCUT2D eigenvalue weighted by atomic mass is 32.2. The molecule has 1 unspecified atom stereocenters. The summed E-state index contributed by atoms with van der Waals surface area (Å²) >= 11 is 0. The minimum absolute atomic E-state index is 0.357. The van der Waals surface area contributed by atoms with Crippen LogP contribution in [-0.4, -0.2) is 22.3 Å². The van der Waals surface area contributed by atoms with E-state index in [-0.39, 0.29) is 5.41 Å². The van der Waals surface area contributed by atoms with E-state index in [9.17, 15) is 4.21 Å². The molecule has 0 aliphatic rings. The second kappa shape index (κ2) is 5.28. The summed E-state index contributed by atoms with van der Waals surface area (Å²) < 4.78 is 11.1. The molecule has 0 heterocycles. The molecule has 0 spiro atoms. The lowest BCUT2D eigenvalue weighted by molar-refractivity contribution is 0.479. The SMILES string of the molecule is CC(C)(C#N)CCS(=O)CCN. The minimum atomic E-state index is -0.844. The fourth-order valence-electron chi connectivity index (χ4n) is 0.658. The molecular formula is C8H16N2OS. The second-order valence-electron chi connectivity index (χ2n) is 3.38. The number of hydrogen-bond donors (Lipinski definition) is 1. The van der Waals surface area contributed by atoms with Crippen molar-refractivity contribution in [2.24, 2.45) is 11.1 Å². The molecule has 3 nitrogen and oxygen atoms in total. The number of nitriles is 1. The fraction of sp³-hybridized carbons (Fsp3) is 0.875. The van der Waals surface area contributed by atoms with Gasteiger partial charge in [0.05, 0.1) is 11.5 Å². The predicted molar refractivity (Wildman–Crippen MR) is 50.9 cm³/mol. The largest absolute Gasteiger partial charge is 0.330 e. The smallest absolute Gasteiger partial charge is 0.0684 e. The van der Waals surface area contributed by atoms with E-state index in [2.05, 4.69) is 6.07 Å². The van der Waals surface area contributed by atoms with Crippen molar-refractivity contribution in [3.8, 4) is 6.07 Å². The van der Waals surface area contributed by atoms with Gasteiger partial charge in [0.1, 0.15) is 0 Å². The zero-order valence-corrected chi connectivity index (χ0v) is 8.49. The molecule has 0 aliphatic heterocycles. The van der Waals surface area contributed by atoms with Gasteiger partial charge < -0.3 is 5.73 Å². The Hall–Kier alpha value is -0.400. The summed E-state index contributed by atoms with van der Waals surface area (Å²) in [5.74, 6) is 1.12. The molecule has 2 N–H and O–H groups in total. The highest BCUT2D eigenvalue weighted by molar-refractivity contribution is 7.84. The van der Waals surface area contributed by atoms with Gasteiger partial charge in [0.2, 0.25) is 0 Å². The van der Waals surface area contributed by atoms with Crippen molar-refractivity contribution in [3.05, 3.63) is 0 Å². The van der Waals surface area contributed by atoms with Gasteiger partial charge in [0.25, 0.3) is 0 Å². The predicted octanol–water partition coefficient (Wildman–Crippen LogP) is 0.634. The van der Waals surface area contributed by atoms with Crippen molar-refractivity contribution in [3.63, 3.8) is 0 Å². The van der Waals surface area contributed by atoms with Gasteiger partial charge in [-0.25, -0.2) is 0 Å². The molecule has 0 saturated heterocycles. The van der Waals surface area contributed by atoms with Gasteiger partial charge >= 0.3 is 0 Å². The maximum atomic E-state index is 11.1. The Morgan fingerprint density at radius 1 is 1.50 bits per heavy atom.